The van der Waals surface area contributed by atoms with Crippen LogP contribution in [0.2, 0.25) is 0 Å². The maximum Gasteiger partial charge on any atom is 0.335 e. The summed E-state index contributed by atoms with van der Waals surface area (Å²) in [7, 11) is 0. The molecule has 0 radical (unpaired) electrons. The lowest BCUT2D eigenvalue weighted by molar-refractivity contribution is 0.0696. The predicted octanol–water partition coefficient (Wildman–Crippen LogP) is 4.25. The van der Waals surface area contributed by atoms with Crippen LogP contribution in [0.15, 0.2) is 26.5 Å². The van der Waals surface area contributed by atoms with Crippen molar-refractivity contribution in [2.24, 2.45) is 0 Å². The van der Waals surface area contributed by atoms with E-state index in [1.54, 1.807) is 11.3 Å². The average molecular weight is 407 g/mol. The van der Waals surface area contributed by atoms with Gasteiger partial charge >= 0.3 is 5.97 Å². The number of carboxylic acid groups (broad SMARTS) is 1. The van der Waals surface area contributed by atoms with Crippen molar-refractivity contribution in [3.05, 3.63) is 42.7 Å². The van der Waals surface area contributed by atoms with Gasteiger partial charge in [0.05, 0.1) is 25.2 Å². The number of halogens is 2. The molecule has 2 rings (SSSR count). The summed E-state index contributed by atoms with van der Waals surface area (Å²) < 4.78 is 6.84. The topological polar surface area (TPSA) is 59.4 Å². The Morgan fingerprint density at radius 2 is 2.05 bits per heavy atom. The molecule has 0 fully saturated rings. The number of carbonyl (C=O) groups is 1. The number of ether oxygens (including phenoxy) is 1. The SMILES string of the molecule is Cc1nc(COc2c(Br)cc(C(=O)O)cc2Br)cs1. The third kappa shape index (κ3) is 3.55. The van der Waals surface area contributed by atoms with Crippen LogP contribution in [0.1, 0.15) is 21.1 Å². The van der Waals surface area contributed by atoms with Gasteiger partial charge in [-0.3, -0.25) is 0 Å². The summed E-state index contributed by atoms with van der Waals surface area (Å²) in [6.07, 6.45) is 0. The van der Waals surface area contributed by atoms with Gasteiger partial charge in [0.25, 0.3) is 0 Å². The summed E-state index contributed by atoms with van der Waals surface area (Å²) in [4.78, 5) is 15.2. The van der Waals surface area contributed by atoms with Crippen molar-refractivity contribution >= 4 is 49.2 Å². The van der Waals surface area contributed by atoms with Crippen molar-refractivity contribution in [2.45, 2.75) is 13.5 Å². The molecule has 19 heavy (non-hydrogen) atoms. The molecule has 0 spiro atoms. The van der Waals surface area contributed by atoms with Gasteiger partial charge < -0.3 is 9.84 Å². The van der Waals surface area contributed by atoms with Crippen LogP contribution >= 0.6 is 43.2 Å². The quantitative estimate of drug-likeness (QED) is 0.824. The maximum absolute atomic E-state index is 10.9. The van der Waals surface area contributed by atoms with Crippen molar-refractivity contribution in [2.75, 3.05) is 0 Å². The van der Waals surface area contributed by atoms with Crippen molar-refractivity contribution in [1.29, 1.82) is 0 Å². The highest BCUT2D eigenvalue weighted by molar-refractivity contribution is 9.11. The molecule has 4 nitrogen and oxygen atoms in total. The maximum atomic E-state index is 10.9. The fourth-order valence-electron chi connectivity index (χ4n) is 1.44. The second kappa shape index (κ2) is 6.02. The Morgan fingerprint density at radius 1 is 1.42 bits per heavy atom. The fourth-order valence-corrected chi connectivity index (χ4v) is 3.45. The van der Waals surface area contributed by atoms with Crippen LogP contribution in [0, 0.1) is 6.92 Å². The zero-order chi connectivity index (χ0) is 14.0. The third-order valence-corrected chi connectivity index (χ3v) is 4.28. The monoisotopic (exact) mass is 405 g/mol. The molecule has 100 valence electrons. The van der Waals surface area contributed by atoms with Crippen LogP contribution < -0.4 is 4.74 Å². The first-order valence-corrected chi connectivity index (χ1v) is 7.70. The number of aromatic carboxylic acids is 1. The van der Waals surface area contributed by atoms with Crippen LogP contribution in [0.25, 0.3) is 0 Å². The number of rotatable bonds is 4. The standard InChI is InChI=1S/C12H9Br2NO3S/c1-6-15-8(5-19-6)4-18-11-9(13)2-7(12(16)17)3-10(11)14/h2-3,5H,4H2,1H3,(H,16,17). The van der Waals surface area contributed by atoms with Crippen LogP contribution in [-0.4, -0.2) is 16.1 Å². The summed E-state index contributed by atoms with van der Waals surface area (Å²) in [5.74, 6) is -0.418. The van der Waals surface area contributed by atoms with E-state index in [-0.39, 0.29) is 5.56 Å². The van der Waals surface area contributed by atoms with Gasteiger partial charge in [-0.1, -0.05) is 0 Å². The third-order valence-electron chi connectivity index (χ3n) is 2.28. The highest BCUT2D eigenvalue weighted by Crippen LogP contribution is 2.35. The zero-order valence-electron chi connectivity index (χ0n) is 9.81. The van der Waals surface area contributed by atoms with Crippen molar-refractivity contribution in [3.8, 4) is 5.75 Å². The largest absolute Gasteiger partial charge is 0.485 e. The Hall–Kier alpha value is -0.920. The summed E-state index contributed by atoms with van der Waals surface area (Å²) in [6, 6.07) is 3.02. The molecule has 1 aromatic carbocycles. The first-order valence-electron chi connectivity index (χ1n) is 5.23. The van der Waals surface area contributed by atoms with Crippen molar-refractivity contribution < 1.29 is 14.6 Å². The van der Waals surface area contributed by atoms with Gasteiger partial charge in [0.15, 0.2) is 0 Å². The minimum Gasteiger partial charge on any atom is -0.485 e. The molecular formula is C12H9Br2NO3S. The number of aryl methyl sites for hydroxylation is 1. The smallest absolute Gasteiger partial charge is 0.335 e. The van der Waals surface area contributed by atoms with Crippen LogP contribution in [0.5, 0.6) is 5.75 Å². The van der Waals surface area contributed by atoms with E-state index in [2.05, 4.69) is 36.8 Å². The lowest BCUT2D eigenvalue weighted by Gasteiger charge is -2.10. The molecule has 0 amide bonds. The number of hydrogen-bond acceptors (Lipinski definition) is 4. The molecule has 0 aliphatic rings. The van der Waals surface area contributed by atoms with Crippen molar-refractivity contribution in [1.82, 2.24) is 4.98 Å². The van der Waals surface area contributed by atoms with Gasteiger partial charge in [-0.25, -0.2) is 9.78 Å². The van der Waals surface area contributed by atoms with E-state index in [4.69, 9.17) is 9.84 Å². The molecule has 1 aromatic heterocycles. The lowest BCUT2D eigenvalue weighted by Crippen LogP contribution is -2.00. The van der Waals surface area contributed by atoms with Gasteiger partial charge in [-0.15, -0.1) is 11.3 Å². The number of nitrogens with zero attached hydrogens (tertiary/aromatic N) is 1. The van der Waals surface area contributed by atoms with Crippen LogP contribution in [0.4, 0.5) is 0 Å². The molecule has 0 saturated heterocycles. The van der Waals surface area contributed by atoms with E-state index in [0.29, 0.717) is 21.3 Å². The van der Waals surface area contributed by atoms with Gasteiger partial charge in [0, 0.05) is 5.38 Å². The Balaban J connectivity index is 2.18. The molecule has 0 atom stereocenters. The number of thiazole rings is 1. The molecule has 7 heteroatoms. The van der Waals surface area contributed by atoms with Gasteiger partial charge in [-0.2, -0.15) is 0 Å². The molecule has 0 aliphatic heterocycles. The summed E-state index contributed by atoms with van der Waals surface area (Å²) in [6.45, 7) is 2.27. The lowest BCUT2D eigenvalue weighted by atomic mass is 10.2. The summed E-state index contributed by atoms with van der Waals surface area (Å²) >= 11 is 8.18. The van der Waals surface area contributed by atoms with E-state index in [9.17, 15) is 4.79 Å². The highest BCUT2D eigenvalue weighted by Gasteiger charge is 2.13. The Kier molecular flexibility index (Phi) is 4.59. The Labute approximate surface area is 130 Å². The number of aromatic nitrogens is 1. The second-order valence-electron chi connectivity index (χ2n) is 3.72. The summed E-state index contributed by atoms with van der Waals surface area (Å²) in [5.41, 5.74) is 1.04. The van der Waals surface area contributed by atoms with Gasteiger partial charge in [0.1, 0.15) is 12.4 Å². The van der Waals surface area contributed by atoms with Crippen LogP contribution in [-0.2, 0) is 6.61 Å². The first kappa shape index (κ1) is 14.5. The predicted molar refractivity (Wildman–Crippen MR) is 80.0 cm³/mol. The molecular weight excluding hydrogens is 398 g/mol. The summed E-state index contributed by atoms with van der Waals surface area (Å²) in [5, 5.41) is 11.9. The Bertz CT molecular complexity index is 604. The first-order chi connectivity index (χ1) is 8.97. The van der Waals surface area contributed by atoms with E-state index in [1.165, 1.54) is 12.1 Å². The number of carboxylic acids is 1. The number of benzene rings is 1. The molecule has 1 heterocycles. The minimum absolute atomic E-state index is 0.190. The molecule has 1 N–H and O–H groups in total. The average Bonchev–Trinajstić information content (AvgIpc) is 2.73. The minimum atomic E-state index is -0.983. The van der Waals surface area contributed by atoms with E-state index in [0.717, 1.165) is 10.7 Å². The molecule has 0 bridgehead atoms. The fraction of sp³-hybridized carbons (Fsp3) is 0.167. The molecule has 0 unspecified atom stereocenters. The van der Waals surface area contributed by atoms with Crippen LogP contribution in [0.3, 0.4) is 0 Å². The van der Waals surface area contributed by atoms with Gasteiger partial charge in [-0.05, 0) is 50.9 Å². The second-order valence-corrected chi connectivity index (χ2v) is 6.49. The molecule has 0 aliphatic carbocycles. The normalized spacial score (nSPS) is 10.5. The van der Waals surface area contributed by atoms with Crippen molar-refractivity contribution in [3.63, 3.8) is 0 Å². The van der Waals surface area contributed by atoms with Gasteiger partial charge in [0.2, 0.25) is 0 Å². The Morgan fingerprint density at radius 3 is 2.53 bits per heavy atom. The molecule has 0 saturated carbocycles. The number of hydrogen-bond donors (Lipinski definition) is 1. The van der Waals surface area contributed by atoms with E-state index < -0.39 is 5.97 Å². The molecule has 2 aromatic rings. The zero-order valence-corrected chi connectivity index (χ0v) is 13.8. The van der Waals surface area contributed by atoms with E-state index >= 15 is 0 Å². The van der Waals surface area contributed by atoms with E-state index in [1.807, 2.05) is 12.3 Å². The highest BCUT2D eigenvalue weighted by atomic mass is 79.9.